The zero-order chi connectivity index (χ0) is 105. The van der Waals surface area contributed by atoms with E-state index in [1.165, 1.54) is 0 Å². The summed E-state index contributed by atoms with van der Waals surface area (Å²) in [7, 11) is 0. The molecule has 11 saturated heterocycles. The summed E-state index contributed by atoms with van der Waals surface area (Å²) in [5, 5.41) is 337. The Hall–Kier alpha value is -5.67. The molecule has 0 aromatic carbocycles. The van der Waals surface area contributed by atoms with Crippen molar-refractivity contribution in [3.63, 3.8) is 0 Å². The molecular formula is C80H133N7O56. The van der Waals surface area contributed by atoms with Crippen LogP contribution < -0.4 is 37.2 Å². The van der Waals surface area contributed by atoms with Gasteiger partial charge in [0.25, 0.3) is 0 Å². The van der Waals surface area contributed by atoms with Gasteiger partial charge in [0.15, 0.2) is 69.2 Å². The summed E-state index contributed by atoms with van der Waals surface area (Å²) < 4.78 is 128. The molecule has 0 saturated carbocycles. The SMILES string of the molecule is CC(=O)N[C@@H]1[C@H](O[C@@H]2[C@@H](O[C@@H]3[C@H](O)[C@H](O[C@H]4[C@H](O)[C@@H](NC(C)=O)[C@H](O[C@H]5[C@H](O)[C@@H](NC(C)=O)[C@H](O)O[C@@H]5CO)O[C@@H]4CO)O[C@H](CO[C@H]4O[C@H](CO[C@@H]5O[C@H](CO)[C@@H](O)[C@H](O)[C@H]5NC(C)=O)[C@@H](O)[C@H](O)[C@@H]4O[C@@H]4O[C@H](CO)[C@@H](O[C@@H]5O[C@H](CO)[C@H](O)[C@H](O[C@@H]6O[C@H](CO)[C@@H](O)[C@H](O)[C@H]6NC(C)=O)[C@H]5O)[C@H](O)[C@H]4NC(C)=O)[C@H]3O)O[C@H](CO)[C@@H](O[C@@H]3O[C@H](CO)[C@@H](O)[C@H](O)[C@H]3NC(C)=O)[C@@H]2O)O[C@H](CO)[C@@H](O)[C@@H]1O. The van der Waals surface area contributed by atoms with Gasteiger partial charge in [0.2, 0.25) is 41.4 Å². The van der Waals surface area contributed by atoms with Gasteiger partial charge in [-0.2, -0.15) is 0 Å². The number of carbonyl (C=O) groups excluding carboxylic acids is 7. The molecule has 11 rings (SSSR count). The Kier molecular flexibility index (Phi) is 42.7. The lowest BCUT2D eigenvalue weighted by atomic mass is 9.93. The summed E-state index contributed by atoms with van der Waals surface area (Å²) >= 11 is 0. The minimum Gasteiger partial charge on any atom is -0.394 e. The number of amides is 7. The minimum atomic E-state index is -2.74. The summed E-state index contributed by atoms with van der Waals surface area (Å²) in [6, 6.07) is -13.2. The summed E-state index contributed by atoms with van der Waals surface area (Å²) in [6.07, 6.45) is -105. The fourth-order valence-corrected chi connectivity index (χ4v) is 18.5. The maximum absolute atomic E-state index is 13.5. The second-order valence-corrected chi connectivity index (χ2v) is 36.0. The van der Waals surface area contributed by atoms with Crippen LogP contribution in [0.3, 0.4) is 0 Å². The number of ether oxygens (including phenoxy) is 21. The molecule has 63 nitrogen and oxygen atoms in total. The second-order valence-electron chi connectivity index (χ2n) is 36.0. The summed E-state index contributed by atoms with van der Waals surface area (Å²) in [4.78, 5) is 89.8. The third-order valence-corrected chi connectivity index (χ3v) is 25.8. The molecule has 143 heavy (non-hydrogen) atoms. The second kappa shape index (κ2) is 51.9. The molecule has 35 N–H and O–H groups in total. The molecule has 63 heteroatoms. The Labute approximate surface area is 810 Å². The first-order valence-electron chi connectivity index (χ1n) is 45.6. The van der Waals surface area contributed by atoms with Crippen LogP contribution in [0.2, 0.25) is 0 Å². The van der Waals surface area contributed by atoms with Crippen LogP contribution in [-0.2, 0) is 133 Å². The van der Waals surface area contributed by atoms with Crippen molar-refractivity contribution < 1.29 is 276 Å². The highest BCUT2D eigenvalue weighted by molar-refractivity contribution is 5.75. The molecule has 0 spiro atoms. The van der Waals surface area contributed by atoms with E-state index >= 15 is 0 Å². The van der Waals surface area contributed by atoms with Crippen LogP contribution in [0.1, 0.15) is 48.5 Å². The van der Waals surface area contributed by atoms with E-state index in [0.717, 1.165) is 48.5 Å². The predicted octanol–water partition coefficient (Wildman–Crippen LogP) is -24.0. The number of hydrogen-bond acceptors (Lipinski definition) is 56. The fraction of sp³-hybridized carbons (Fsp3) is 0.912. The van der Waals surface area contributed by atoms with Gasteiger partial charge in [0.1, 0.15) is 268 Å². The molecule has 55 atom stereocenters. The maximum Gasteiger partial charge on any atom is 0.217 e. The van der Waals surface area contributed by atoms with Gasteiger partial charge in [-0.05, 0) is 0 Å². The number of nitrogens with one attached hydrogen (secondary N) is 7. The molecule has 0 aromatic rings. The molecule has 7 amide bonds. The smallest absolute Gasteiger partial charge is 0.217 e. The van der Waals surface area contributed by atoms with E-state index in [1.807, 2.05) is 0 Å². The maximum atomic E-state index is 13.5. The lowest BCUT2D eigenvalue weighted by Crippen LogP contribution is -2.71. The van der Waals surface area contributed by atoms with Crippen LogP contribution in [0, 0.1) is 0 Å². The Morgan fingerprint density at radius 3 is 0.727 bits per heavy atom. The average Bonchev–Trinajstić information content (AvgIpc) is 0.746. The number of carbonyl (C=O) groups is 7. The lowest BCUT2D eigenvalue weighted by molar-refractivity contribution is -0.403. The zero-order valence-electron chi connectivity index (χ0n) is 77.5. The molecule has 11 aliphatic rings. The Morgan fingerprint density at radius 2 is 0.385 bits per heavy atom. The van der Waals surface area contributed by atoms with Crippen molar-refractivity contribution in [3.8, 4) is 0 Å². The molecule has 11 heterocycles. The van der Waals surface area contributed by atoms with Crippen LogP contribution in [-0.4, -0.2) is 594 Å². The average molecular weight is 2090 g/mol. The summed E-state index contributed by atoms with van der Waals surface area (Å²) in [6.45, 7) is -6.26. The highest BCUT2D eigenvalue weighted by Crippen LogP contribution is 2.42. The molecule has 0 radical (unpaired) electrons. The first kappa shape index (κ1) is 118. The van der Waals surface area contributed by atoms with E-state index in [9.17, 15) is 177 Å². The molecule has 11 aliphatic heterocycles. The van der Waals surface area contributed by atoms with Crippen molar-refractivity contribution in [2.45, 2.75) is 386 Å². The van der Waals surface area contributed by atoms with Crippen molar-refractivity contribution in [3.05, 3.63) is 0 Å². The Balaban J connectivity index is 0.988. The van der Waals surface area contributed by atoms with E-state index in [4.69, 9.17) is 99.5 Å². The van der Waals surface area contributed by atoms with E-state index in [2.05, 4.69) is 37.2 Å². The Bertz CT molecular complexity index is 4050. The summed E-state index contributed by atoms with van der Waals surface area (Å²) in [5.74, 6) is -6.52. The first-order chi connectivity index (χ1) is 67.6. The lowest BCUT2D eigenvalue weighted by Gasteiger charge is -2.52. The first-order valence-corrected chi connectivity index (χ1v) is 45.6. The van der Waals surface area contributed by atoms with Crippen LogP contribution in [0.4, 0.5) is 0 Å². The van der Waals surface area contributed by atoms with Gasteiger partial charge < -0.3 is 280 Å². The predicted molar refractivity (Wildman–Crippen MR) is 444 cm³/mol. The van der Waals surface area contributed by atoms with Crippen molar-refractivity contribution in [2.24, 2.45) is 0 Å². The van der Waals surface area contributed by atoms with Gasteiger partial charge in [0, 0.05) is 48.5 Å². The Morgan fingerprint density at radius 1 is 0.182 bits per heavy atom. The zero-order valence-corrected chi connectivity index (χ0v) is 77.5. The number of aliphatic hydroxyl groups excluding tert-OH is 28. The largest absolute Gasteiger partial charge is 0.394 e. The quantitative estimate of drug-likeness (QED) is 0.0273. The van der Waals surface area contributed by atoms with E-state index in [1.54, 1.807) is 0 Å². The van der Waals surface area contributed by atoms with Crippen molar-refractivity contribution in [1.82, 2.24) is 37.2 Å². The molecule has 0 unspecified atom stereocenters. The van der Waals surface area contributed by atoms with Gasteiger partial charge >= 0.3 is 0 Å². The normalized spacial score (nSPS) is 47.3. The minimum absolute atomic E-state index is 0.834. The van der Waals surface area contributed by atoms with Crippen LogP contribution in [0.15, 0.2) is 0 Å². The summed E-state index contributed by atoms with van der Waals surface area (Å²) in [5.41, 5.74) is 0. The molecule has 11 fully saturated rings. The van der Waals surface area contributed by atoms with Crippen molar-refractivity contribution in [1.29, 1.82) is 0 Å². The van der Waals surface area contributed by atoms with Crippen LogP contribution in [0.25, 0.3) is 0 Å². The topological polar surface area (TPSA) is 964 Å². The molecular weight excluding hydrogens is 1950 g/mol. The van der Waals surface area contributed by atoms with Crippen molar-refractivity contribution in [2.75, 3.05) is 72.7 Å². The van der Waals surface area contributed by atoms with Crippen molar-refractivity contribution >= 4 is 41.4 Å². The monoisotopic (exact) mass is 2090 g/mol. The third-order valence-electron chi connectivity index (χ3n) is 25.8. The van der Waals surface area contributed by atoms with Gasteiger partial charge in [-0.15, -0.1) is 0 Å². The molecule has 0 aromatic heterocycles. The number of hydrogen-bond donors (Lipinski definition) is 35. The molecule has 0 bridgehead atoms. The van der Waals surface area contributed by atoms with Gasteiger partial charge in [-0.1, -0.05) is 0 Å². The highest BCUT2D eigenvalue weighted by Gasteiger charge is 2.63. The third kappa shape index (κ3) is 26.9. The van der Waals surface area contributed by atoms with Gasteiger partial charge in [0.05, 0.1) is 72.7 Å². The van der Waals surface area contributed by atoms with Crippen LogP contribution in [0.5, 0.6) is 0 Å². The van der Waals surface area contributed by atoms with Gasteiger partial charge in [-0.3, -0.25) is 33.6 Å². The number of aliphatic hydroxyl groups is 28. The standard InChI is InChI=1S/C80H133N7O56/c1-19(97)81-37-55(115)62(31(13-93)125-70(37)122)136-75-42(86-24(6)102)56(116)64(32(14-94)131-75)139-78-61(121)67(141-80-69(143-74-41(85-23(5)101)54(114)47(107)29(11-91)129-74)59(119)65(34(16-96)133-80)137-72-39(83-21(3)99)52(112)45(105)27(9-89)127-72)50(110)36(134-78)18-124-79-68(58(118)48(108)35(135-79)17-123-71-38(82-20(2)98)51(111)44(104)26(8-88)126-71)142-76-43(87-25(7)103)57(117)63(33(15-95)132-76)138-77-60(120)66(49(109)30(12-92)130-77)140-73-40(84-22(4)100)53(113)46(106)28(10-90)128-73/h26-80,88-96,104-122H,8-18H2,1-7H3,(H,81,97)(H,82,98)(H,83,99)(H,84,100)(H,85,101)(H,86,102)(H,87,103)/t26-,27-,28-,29-,30-,31-,32-,33-,34-,35-,36-,37-,38-,39-,40-,41+,42-,43-,44-,45-,46-,47-,48-,49+,50-,51-,52-,53-,54-,55-,56-,57-,58+,59+,60-,61+,62-,63-,64-,65-,66+,67+,68+,69+,70-,71-,72+,73+,74+,75+,76+,77+,78+,79+,80-/m1/s1. The molecule has 0 aliphatic carbocycles. The van der Waals surface area contributed by atoms with E-state index in [0.29, 0.717) is 0 Å². The number of rotatable bonds is 38. The highest BCUT2D eigenvalue weighted by atomic mass is 16.8. The van der Waals surface area contributed by atoms with Gasteiger partial charge in [-0.25, -0.2) is 0 Å². The van der Waals surface area contributed by atoms with E-state index in [-0.39, 0.29) is 0 Å². The molecule has 824 valence electrons. The van der Waals surface area contributed by atoms with E-state index < -0.39 is 451 Å². The van der Waals surface area contributed by atoms with Crippen LogP contribution >= 0.6 is 0 Å². The fourth-order valence-electron chi connectivity index (χ4n) is 18.5.